The highest BCUT2D eigenvalue weighted by atomic mass is 16.5. The summed E-state index contributed by atoms with van der Waals surface area (Å²) < 4.78 is 21.7. The first-order valence-corrected chi connectivity index (χ1v) is 8.82. The maximum atomic E-state index is 12.1. The molecule has 0 fully saturated rings. The van der Waals surface area contributed by atoms with Crippen molar-refractivity contribution in [3.8, 4) is 23.0 Å². The average Bonchev–Trinajstić information content (AvgIpc) is 2.90. The van der Waals surface area contributed by atoms with Crippen molar-refractivity contribution >= 4 is 17.4 Å². The van der Waals surface area contributed by atoms with Gasteiger partial charge in [0.2, 0.25) is 5.75 Å². The van der Waals surface area contributed by atoms with Gasteiger partial charge in [0.15, 0.2) is 17.8 Å². The molecule has 5 nitrogen and oxygen atoms in total. The van der Waals surface area contributed by atoms with E-state index in [1.807, 2.05) is 30.3 Å². The van der Waals surface area contributed by atoms with E-state index < -0.39 is 0 Å². The predicted molar refractivity (Wildman–Crippen MR) is 105 cm³/mol. The molecule has 0 spiro atoms. The van der Waals surface area contributed by atoms with Crippen LogP contribution in [-0.2, 0) is 11.2 Å². The molecule has 3 rings (SSSR count). The van der Waals surface area contributed by atoms with Gasteiger partial charge in [0.05, 0.1) is 28.4 Å². The summed E-state index contributed by atoms with van der Waals surface area (Å²) in [6, 6.07) is 9.65. The van der Waals surface area contributed by atoms with Crippen LogP contribution in [0.25, 0.3) is 11.1 Å². The Balaban J connectivity index is 2.21. The summed E-state index contributed by atoms with van der Waals surface area (Å²) in [5.41, 5.74) is 4.65. The van der Waals surface area contributed by atoms with E-state index in [9.17, 15) is 4.79 Å². The number of aldehydes is 1. The van der Waals surface area contributed by atoms with E-state index in [-0.39, 0.29) is 0 Å². The fraction of sp³-hybridized carbons (Fsp3) is 0.318. The van der Waals surface area contributed by atoms with E-state index in [4.69, 9.17) is 18.9 Å². The van der Waals surface area contributed by atoms with Gasteiger partial charge in [-0.25, -0.2) is 0 Å². The van der Waals surface area contributed by atoms with Gasteiger partial charge in [0, 0.05) is 5.57 Å². The number of methoxy groups -OCH3 is 4. The number of hydrogen-bond donors (Lipinski definition) is 0. The van der Waals surface area contributed by atoms with Gasteiger partial charge in [0.1, 0.15) is 5.75 Å². The van der Waals surface area contributed by atoms with E-state index in [0.717, 1.165) is 53.6 Å². The number of benzene rings is 2. The van der Waals surface area contributed by atoms with Crippen LogP contribution in [0.2, 0.25) is 0 Å². The Morgan fingerprint density at radius 2 is 1.56 bits per heavy atom. The van der Waals surface area contributed by atoms with Gasteiger partial charge < -0.3 is 18.9 Å². The first kappa shape index (κ1) is 18.8. The highest BCUT2D eigenvalue weighted by molar-refractivity contribution is 6.18. The Labute approximate surface area is 159 Å². The van der Waals surface area contributed by atoms with Gasteiger partial charge in [-0.3, -0.25) is 4.79 Å². The molecular formula is C22H24O5. The van der Waals surface area contributed by atoms with Crippen molar-refractivity contribution in [2.45, 2.75) is 19.3 Å². The lowest BCUT2D eigenvalue weighted by Crippen LogP contribution is -1.99. The molecule has 0 aliphatic heterocycles. The molecule has 5 heteroatoms. The zero-order valence-corrected chi connectivity index (χ0v) is 16.1. The number of rotatable bonds is 6. The Bertz CT molecular complexity index is 857. The number of fused-ring (bicyclic) bond motifs is 1. The molecule has 0 unspecified atom stereocenters. The van der Waals surface area contributed by atoms with Crippen LogP contribution in [0.5, 0.6) is 23.0 Å². The Morgan fingerprint density at radius 3 is 2.11 bits per heavy atom. The van der Waals surface area contributed by atoms with Crippen molar-refractivity contribution in [1.29, 1.82) is 0 Å². The Kier molecular flexibility index (Phi) is 5.69. The molecule has 0 bridgehead atoms. The zero-order valence-electron chi connectivity index (χ0n) is 16.1. The summed E-state index contributed by atoms with van der Waals surface area (Å²) in [7, 11) is 6.40. The second-order valence-electron chi connectivity index (χ2n) is 6.30. The van der Waals surface area contributed by atoms with Crippen LogP contribution in [0.4, 0.5) is 0 Å². The number of hydrogen-bond acceptors (Lipinski definition) is 5. The lowest BCUT2D eigenvalue weighted by atomic mass is 9.93. The van der Waals surface area contributed by atoms with E-state index in [0.29, 0.717) is 22.8 Å². The number of carbonyl (C=O) groups excluding carboxylic acids is 1. The van der Waals surface area contributed by atoms with Crippen LogP contribution in [0.15, 0.2) is 30.3 Å². The Morgan fingerprint density at radius 1 is 0.852 bits per heavy atom. The third kappa shape index (κ3) is 3.50. The van der Waals surface area contributed by atoms with Crippen molar-refractivity contribution in [3.05, 3.63) is 47.0 Å². The molecule has 0 heterocycles. The molecular weight excluding hydrogens is 344 g/mol. The molecule has 0 radical (unpaired) electrons. The molecule has 0 aromatic heterocycles. The van der Waals surface area contributed by atoms with Crippen LogP contribution in [0.1, 0.15) is 29.5 Å². The fourth-order valence-electron chi connectivity index (χ4n) is 3.61. The summed E-state index contributed by atoms with van der Waals surface area (Å²) >= 11 is 0. The second-order valence-corrected chi connectivity index (χ2v) is 6.30. The van der Waals surface area contributed by atoms with Crippen molar-refractivity contribution in [1.82, 2.24) is 0 Å². The molecule has 1 aliphatic rings. The summed E-state index contributed by atoms with van der Waals surface area (Å²) in [6.45, 7) is 0. The highest BCUT2D eigenvalue weighted by Gasteiger charge is 2.21. The zero-order chi connectivity index (χ0) is 19.4. The maximum Gasteiger partial charge on any atom is 0.203 e. The van der Waals surface area contributed by atoms with Gasteiger partial charge in [-0.15, -0.1) is 0 Å². The highest BCUT2D eigenvalue weighted by Crippen LogP contribution is 2.43. The molecule has 0 N–H and O–H groups in total. The third-order valence-electron chi connectivity index (χ3n) is 4.93. The summed E-state index contributed by atoms with van der Waals surface area (Å²) in [6.07, 6.45) is 3.54. The minimum atomic E-state index is 0.538. The molecule has 2 aromatic carbocycles. The molecule has 2 aromatic rings. The molecule has 142 valence electrons. The monoisotopic (exact) mass is 368 g/mol. The van der Waals surface area contributed by atoms with E-state index in [2.05, 4.69) is 0 Å². The van der Waals surface area contributed by atoms with Gasteiger partial charge >= 0.3 is 0 Å². The smallest absolute Gasteiger partial charge is 0.203 e. The van der Waals surface area contributed by atoms with Gasteiger partial charge in [-0.05, 0) is 65.8 Å². The van der Waals surface area contributed by atoms with E-state index in [1.54, 1.807) is 28.4 Å². The molecule has 0 saturated heterocycles. The number of carbonyl (C=O) groups is 1. The number of ether oxygens (including phenoxy) is 4. The first-order chi connectivity index (χ1) is 13.2. The molecule has 27 heavy (non-hydrogen) atoms. The van der Waals surface area contributed by atoms with Gasteiger partial charge in [0.25, 0.3) is 0 Å². The van der Waals surface area contributed by atoms with Crippen LogP contribution in [0, 0.1) is 0 Å². The van der Waals surface area contributed by atoms with Crippen LogP contribution in [-0.4, -0.2) is 34.7 Å². The van der Waals surface area contributed by atoms with E-state index >= 15 is 0 Å². The quantitative estimate of drug-likeness (QED) is 0.717. The molecule has 1 aliphatic carbocycles. The standard InChI is InChI=1S/C22H24O5/c1-24-16-8-9-18-14(10-16)6-5-7-17(19(18)13-23)15-11-20(25-2)22(27-4)21(12-15)26-3/h8-13H,5-7H2,1-4H3. The first-order valence-electron chi connectivity index (χ1n) is 8.82. The van der Waals surface area contributed by atoms with Crippen molar-refractivity contribution in [3.63, 3.8) is 0 Å². The minimum absolute atomic E-state index is 0.538. The lowest BCUT2D eigenvalue weighted by Gasteiger charge is -2.17. The van der Waals surface area contributed by atoms with Gasteiger partial charge in [-0.1, -0.05) is 6.07 Å². The molecule has 0 saturated carbocycles. The maximum absolute atomic E-state index is 12.1. The summed E-state index contributed by atoms with van der Waals surface area (Å²) in [5, 5.41) is 0. The largest absolute Gasteiger partial charge is 0.497 e. The van der Waals surface area contributed by atoms with Crippen LogP contribution in [0.3, 0.4) is 0 Å². The Hall–Kier alpha value is -2.95. The van der Waals surface area contributed by atoms with Crippen LogP contribution >= 0.6 is 0 Å². The van der Waals surface area contributed by atoms with Crippen LogP contribution < -0.4 is 18.9 Å². The topological polar surface area (TPSA) is 54.0 Å². The molecule has 0 atom stereocenters. The number of allylic oxidation sites excluding steroid dienone is 2. The molecule has 0 amide bonds. The number of aryl methyl sites for hydroxylation is 1. The third-order valence-corrected chi connectivity index (χ3v) is 4.93. The predicted octanol–water partition coefficient (Wildman–Crippen LogP) is 4.17. The van der Waals surface area contributed by atoms with Crippen molar-refractivity contribution in [2.24, 2.45) is 0 Å². The average molecular weight is 368 g/mol. The summed E-state index contributed by atoms with van der Waals surface area (Å²) in [5.74, 6) is 2.48. The summed E-state index contributed by atoms with van der Waals surface area (Å²) in [4.78, 5) is 12.1. The SMILES string of the molecule is COc1ccc2c(c1)CCCC(c1cc(OC)c(OC)c(OC)c1)=C2C=O. The van der Waals surface area contributed by atoms with Crippen molar-refractivity contribution in [2.75, 3.05) is 28.4 Å². The lowest BCUT2D eigenvalue weighted by molar-refractivity contribution is -0.103. The second kappa shape index (κ2) is 8.16. The van der Waals surface area contributed by atoms with Crippen molar-refractivity contribution < 1.29 is 23.7 Å². The van der Waals surface area contributed by atoms with E-state index in [1.165, 1.54) is 0 Å². The normalized spacial score (nSPS) is 13.5. The van der Waals surface area contributed by atoms with Gasteiger partial charge in [-0.2, -0.15) is 0 Å². The fourth-order valence-corrected chi connectivity index (χ4v) is 3.61. The minimum Gasteiger partial charge on any atom is -0.497 e.